The maximum Gasteiger partial charge on any atom is 0.343 e. The molecular formula is C29H30N6O7. The first kappa shape index (κ1) is 27.5. The number of hydroxylamine groups is 1. The summed E-state index contributed by atoms with van der Waals surface area (Å²) in [5, 5.41) is 28.8. The van der Waals surface area contributed by atoms with Crippen LogP contribution in [0.2, 0.25) is 0 Å². The van der Waals surface area contributed by atoms with Gasteiger partial charge in [0, 0.05) is 29.5 Å². The van der Waals surface area contributed by atoms with Gasteiger partial charge in [0.2, 0.25) is 5.91 Å². The van der Waals surface area contributed by atoms with Crippen LogP contribution >= 0.6 is 0 Å². The number of fused-ring (bicyclic) bond motifs is 5. The van der Waals surface area contributed by atoms with Gasteiger partial charge in [-0.15, -0.1) is 5.10 Å². The topological polar surface area (TPSA) is 171 Å². The van der Waals surface area contributed by atoms with Gasteiger partial charge in [0.05, 0.1) is 35.2 Å². The number of ether oxygens (including phenoxy) is 2. The lowest BCUT2D eigenvalue weighted by atomic mass is 9.86. The van der Waals surface area contributed by atoms with Gasteiger partial charge < -0.3 is 19.1 Å². The monoisotopic (exact) mass is 574 g/mol. The van der Waals surface area contributed by atoms with E-state index in [1.807, 2.05) is 25.1 Å². The van der Waals surface area contributed by atoms with Gasteiger partial charge in [0.1, 0.15) is 24.7 Å². The van der Waals surface area contributed by atoms with Crippen LogP contribution in [-0.2, 0) is 52.7 Å². The molecule has 0 spiro atoms. The van der Waals surface area contributed by atoms with Gasteiger partial charge in [-0.2, -0.15) is 0 Å². The predicted octanol–water partition coefficient (Wildman–Crippen LogP) is 2.10. The number of carbonyl (C=O) groups is 2. The molecule has 218 valence electrons. The number of aryl methyl sites for hydroxylation is 2. The van der Waals surface area contributed by atoms with Crippen molar-refractivity contribution in [1.29, 1.82) is 0 Å². The van der Waals surface area contributed by atoms with Crippen LogP contribution in [0, 0.1) is 0 Å². The SMILES string of the molecule is CCc1c2c(nc3ccc(OCc4cn(CCCC(=O)NO)nn4)cc13)-c1cc3c(c(=O)n1C2)COC(=O)[C@]3(O)CC. The van der Waals surface area contributed by atoms with E-state index < -0.39 is 17.5 Å². The number of cyclic esters (lactones) is 1. The highest BCUT2D eigenvalue weighted by atomic mass is 16.6. The van der Waals surface area contributed by atoms with E-state index >= 15 is 0 Å². The Hall–Kier alpha value is -4.62. The first-order chi connectivity index (χ1) is 20.3. The average Bonchev–Trinajstić information content (AvgIpc) is 3.61. The molecule has 0 unspecified atom stereocenters. The van der Waals surface area contributed by atoms with Gasteiger partial charge in [-0.25, -0.2) is 15.3 Å². The highest BCUT2D eigenvalue weighted by molar-refractivity contribution is 5.90. The number of nitrogens with one attached hydrogen (secondary N) is 1. The van der Waals surface area contributed by atoms with Crippen LogP contribution in [0.5, 0.6) is 5.75 Å². The summed E-state index contributed by atoms with van der Waals surface area (Å²) in [6.45, 7) is 4.55. The molecule has 13 heteroatoms. The Morgan fingerprint density at radius 2 is 2.05 bits per heavy atom. The molecule has 1 atom stereocenters. The number of aliphatic hydroxyl groups is 1. The van der Waals surface area contributed by atoms with E-state index in [0.717, 1.165) is 22.0 Å². The van der Waals surface area contributed by atoms with Crippen molar-refractivity contribution in [3.8, 4) is 17.1 Å². The third-order valence-electron chi connectivity index (χ3n) is 8.02. The fourth-order valence-electron chi connectivity index (χ4n) is 5.76. The van der Waals surface area contributed by atoms with Crippen LogP contribution in [-0.4, -0.2) is 46.7 Å². The molecule has 0 bridgehead atoms. The van der Waals surface area contributed by atoms with E-state index in [1.165, 1.54) is 0 Å². The summed E-state index contributed by atoms with van der Waals surface area (Å²) in [6.07, 6.45) is 3.20. The smallest absolute Gasteiger partial charge is 0.343 e. The molecule has 4 aromatic rings. The summed E-state index contributed by atoms with van der Waals surface area (Å²) < 4.78 is 14.4. The Kier molecular flexibility index (Phi) is 6.99. The second kappa shape index (κ2) is 10.7. The molecule has 0 saturated carbocycles. The van der Waals surface area contributed by atoms with Gasteiger partial charge >= 0.3 is 5.97 Å². The highest BCUT2D eigenvalue weighted by Crippen LogP contribution is 2.40. The average molecular weight is 575 g/mol. The van der Waals surface area contributed by atoms with Crippen LogP contribution in [0.25, 0.3) is 22.3 Å². The lowest BCUT2D eigenvalue weighted by Gasteiger charge is -2.31. The van der Waals surface area contributed by atoms with Gasteiger partial charge in [-0.3, -0.25) is 19.5 Å². The molecule has 3 N–H and O–H groups in total. The van der Waals surface area contributed by atoms with Crippen molar-refractivity contribution in [1.82, 2.24) is 30.0 Å². The van der Waals surface area contributed by atoms with E-state index in [4.69, 9.17) is 19.7 Å². The number of hydrogen-bond acceptors (Lipinski definition) is 10. The Morgan fingerprint density at radius 3 is 2.81 bits per heavy atom. The van der Waals surface area contributed by atoms with Crippen LogP contribution in [0.1, 0.15) is 61.1 Å². The van der Waals surface area contributed by atoms with Crippen molar-refractivity contribution in [3.63, 3.8) is 0 Å². The Balaban J connectivity index is 1.28. The zero-order chi connectivity index (χ0) is 29.6. The summed E-state index contributed by atoms with van der Waals surface area (Å²) in [4.78, 5) is 42.1. The number of benzene rings is 1. The van der Waals surface area contributed by atoms with Crippen molar-refractivity contribution in [2.24, 2.45) is 0 Å². The largest absolute Gasteiger partial charge is 0.487 e. The first-order valence-electron chi connectivity index (χ1n) is 13.8. The van der Waals surface area contributed by atoms with E-state index in [0.29, 0.717) is 59.9 Å². The maximum atomic E-state index is 13.5. The summed E-state index contributed by atoms with van der Waals surface area (Å²) in [7, 11) is 0. The van der Waals surface area contributed by atoms with Gasteiger partial charge in [-0.05, 0) is 49.1 Å². The molecule has 0 radical (unpaired) electrons. The Morgan fingerprint density at radius 1 is 1.21 bits per heavy atom. The van der Waals surface area contributed by atoms with Gasteiger partial charge in [-0.1, -0.05) is 19.1 Å². The third kappa shape index (κ3) is 4.50. The molecular weight excluding hydrogens is 544 g/mol. The molecule has 6 rings (SSSR count). The molecule has 0 aliphatic carbocycles. The lowest BCUT2D eigenvalue weighted by Crippen LogP contribution is -2.44. The first-order valence-corrected chi connectivity index (χ1v) is 13.8. The fourth-order valence-corrected chi connectivity index (χ4v) is 5.76. The molecule has 1 amide bonds. The van der Waals surface area contributed by atoms with Crippen LogP contribution in [0.4, 0.5) is 0 Å². The number of rotatable bonds is 9. The van der Waals surface area contributed by atoms with E-state index in [-0.39, 0.29) is 31.6 Å². The summed E-state index contributed by atoms with van der Waals surface area (Å²) in [5.74, 6) is -0.575. The Labute approximate surface area is 239 Å². The number of nitrogens with zero attached hydrogens (tertiary/aromatic N) is 5. The second-order valence-electron chi connectivity index (χ2n) is 10.5. The van der Waals surface area contributed by atoms with Crippen molar-refractivity contribution in [3.05, 3.63) is 68.8 Å². The quantitative estimate of drug-likeness (QED) is 0.135. The molecule has 42 heavy (non-hydrogen) atoms. The summed E-state index contributed by atoms with van der Waals surface area (Å²) >= 11 is 0. The van der Waals surface area contributed by atoms with E-state index in [2.05, 4.69) is 10.3 Å². The lowest BCUT2D eigenvalue weighted by molar-refractivity contribution is -0.172. The minimum absolute atomic E-state index is 0.0857. The molecule has 0 fully saturated rings. The minimum atomic E-state index is -1.87. The standard InChI is InChI=1S/C29H30N6O7/c1-3-18-19-10-17(41-14-16-12-34(33-31-16)9-5-6-25(36)32-40)7-8-23(19)30-26-20(18)13-35-24(26)11-22-21(27(35)37)15-42-28(38)29(22,39)4-2/h7-8,10-12,39-40H,3-6,9,13-15H2,1-2H3,(H,32,36)/t29-/m0/s1. The zero-order valence-corrected chi connectivity index (χ0v) is 23.2. The number of carbonyl (C=O) groups excluding carboxylic acids is 2. The van der Waals surface area contributed by atoms with E-state index in [9.17, 15) is 19.5 Å². The number of aromatic nitrogens is 5. The third-order valence-corrected chi connectivity index (χ3v) is 8.02. The molecule has 13 nitrogen and oxygen atoms in total. The normalized spacial score (nSPS) is 17.0. The second-order valence-corrected chi connectivity index (χ2v) is 10.5. The van der Waals surface area contributed by atoms with E-state index in [1.54, 1.807) is 33.9 Å². The number of pyridine rings is 2. The van der Waals surface area contributed by atoms with Gasteiger partial charge in [0.25, 0.3) is 5.56 Å². The van der Waals surface area contributed by atoms with Crippen molar-refractivity contribution >= 4 is 22.8 Å². The zero-order valence-electron chi connectivity index (χ0n) is 23.2. The van der Waals surface area contributed by atoms with Crippen LogP contribution in [0.3, 0.4) is 0 Å². The molecule has 0 saturated heterocycles. The number of hydrogen-bond donors (Lipinski definition) is 3. The van der Waals surface area contributed by atoms with Crippen molar-refractivity contribution in [2.75, 3.05) is 0 Å². The van der Waals surface area contributed by atoms with Crippen molar-refractivity contribution in [2.45, 2.75) is 71.4 Å². The van der Waals surface area contributed by atoms with Crippen LogP contribution < -0.4 is 15.8 Å². The Bertz CT molecular complexity index is 1800. The maximum absolute atomic E-state index is 13.5. The molecule has 5 heterocycles. The fraction of sp³-hybridized carbons (Fsp3) is 0.379. The summed E-state index contributed by atoms with van der Waals surface area (Å²) in [5.41, 5.74) is 4.59. The number of amides is 1. The van der Waals surface area contributed by atoms with Gasteiger partial charge in [0.15, 0.2) is 5.60 Å². The summed E-state index contributed by atoms with van der Waals surface area (Å²) in [6, 6.07) is 7.33. The van der Waals surface area contributed by atoms with Crippen molar-refractivity contribution < 1.29 is 29.4 Å². The predicted molar refractivity (Wildman–Crippen MR) is 147 cm³/mol. The molecule has 3 aromatic heterocycles. The number of esters is 1. The molecule has 2 aliphatic heterocycles. The minimum Gasteiger partial charge on any atom is -0.487 e. The molecule has 1 aromatic carbocycles. The highest BCUT2D eigenvalue weighted by Gasteiger charge is 2.45. The molecule has 2 aliphatic rings. The van der Waals surface area contributed by atoms with Crippen LogP contribution in [0.15, 0.2) is 35.3 Å².